The molecule has 0 spiro atoms. The minimum Gasteiger partial charge on any atom is -0.324 e. The summed E-state index contributed by atoms with van der Waals surface area (Å²) in [5.41, 5.74) is 3.03. The first-order valence-corrected chi connectivity index (χ1v) is 8.31. The molecule has 5 nitrogen and oxygen atoms in total. The van der Waals surface area contributed by atoms with Crippen LogP contribution in [0.5, 0.6) is 0 Å². The summed E-state index contributed by atoms with van der Waals surface area (Å²) < 4.78 is 1.39. The van der Waals surface area contributed by atoms with E-state index in [1.807, 2.05) is 31.2 Å². The molecule has 0 atom stereocenters. The van der Waals surface area contributed by atoms with Gasteiger partial charge in [-0.05, 0) is 36.1 Å². The Morgan fingerprint density at radius 3 is 2.76 bits per heavy atom. The SMILES string of the molecule is Cc1cccc(C(C)C)c1NC(=O)Cn1ccc2cccnc2c1=O. The van der Waals surface area contributed by atoms with Crippen LogP contribution >= 0.6 is 0 Å². The van der Waals surface area contributed by atoms with Crippen LogP contribution in [0, 0.1) is 6.92 Å². The predicted octanol–water partition coefficient (Wildman–Crippen LogP) is 3.47. The van der Waals surface area contributed by atoms with E-state index < -0.39 is 0 Å². The van der Waals surface area contributed by atoms with Crippen LogP contribution in [-0.4, -0.2) is 15.5 Å². The van der Waals surface area contributed by atoms with Crippen molar-refractivity contribution < 1.29 is 4.79 Å². The first-order chi connectivity index (χ1) is 12.0. The molecule has 1 N–H and O–H groups in total. The molecule has 5 heteroatoms. The van der Waals surface area contributed by atoms with E-state index in [1.54, 1.807) is 24.5 Å². The second-order valence-corrected chi connectivity index (χ2v) is 6.43. The lowest BCUT2D eigenvalue weighted by Crippen LogP contribution is -2.28. The minimum atomic E-state index is -0.262. The summed E-state index contributed by atoms with van der Waals surface area (Å²) in [6.07, 6.45) is 3.21. The van der Waals surface area contributed by atoms with Crippen LogP contribution in [0.1, 0.15) is 30.9 Å². The van der Waals surface area contributed by atoms with Crippen molar-refractivity contribution in [3.63, 3.8) is 0 Å². The van der Waals surface area contributed by atoms with Gasteiger partial charge in [0.1, 0.15) is 12.1 Å². The summed E-state index contributed by atoms with van der Waals surface area (Å²) in [6.45, 7) is 6.10. The number of amides is 1. The molecule has 0 fully saturated rings. The second kappa shape index (κ2) is 6.89. The Hall–Kier alpha value is -2.95. The molecule has 1 aromatic carbocycles. The van der Waals surface area contributed by atoms with Gasteiger partial charge in [-0.2, -0.15) is 0 Å². The Bertz CT molecular complexity index is 990. The van der Waals surface area contributed by atoms with Gasteiger partial charge in [-0.3, -0.25) is 14.6 Å². The Kier molecular flexibility index (Phi) is 4.65. The molecule has 0 unspecified atom stereocenters. The number of carbonyl (C=O) groups is 1. The average Bonchev–Trinajstić information content (AvgIpc) is 2.59. The van der Waals surface area contributed by atoms with E-state index in [1.165, 1.54) is 4.57 Å². The Morgan fingerprint density at radius 2 is 2.00 bits per heavy atom. The van der Waals surface area contributed by atoms with Crippen LogP contribution < -0.4 is 10.9 Å². The van der Waals surface area contributed by atoms with Gasteiger partial charge >= 0.3 is 0 Å². The number of nitrogens with zero attached hydrogens (tertiary/aromatic N) is 2. The fourth-order valence-electron chi connectivity index (χ4n) is 2.91. The number of hydrogen-bond donors (Lipinski definition) is 1. The Balaban J connectivity index is 1.87. The lowest BCUT2D eigenvalue weighted by molar-refractivity contribution is -0.116. The standard InChI is InChI=1S/C20H21N3O2/c1-13(2)16-8-4-6-14(3)18(16)22-17(24)12-23-11-9-15-7-5-10-21-19(15)20(23)25/h4-11,13H,12H2,1-3H3,(H,22,24). The lowest BCUT2D eigenvalue weighted by Gasteiger charge is -2.16. The number of carbonyl (C=O) groups excluding carboxylic acids is 1. The van der Waals surface area contributed by atoms with Gasteiger partial charge in [-0.15, -0.1) is 0 Å². The highest BCUT2D eigenvalue weighted by atomic mass is 16.2. The summed E-state index contributed by atoms with van der Waals surface area (Å²) >= 11 is 0. The highest BCUT2D eigenvalue weighted by Gasteiger charge is 2.13. The largest absolute Gasteiger partial charge is 0.324 e. The first-order valence-electron chi connectivity index (χ1n) is 8.31. The van der Waals surface area contributed by atoms with E-state index >= 15 is 0 Å². The van der Waals surface area contributed by atoms with E-state index in [0.717, 1.165) is 22.2 Å². The van der Waals surface area contributed by atoms with Crippen molar-refractivity contribution in [2.75, 3.05) is 5.32 Å². The monoisotopic (exact) mass is 335 g/mol. The third-order valence-electron chi connectivity index (χ3n) is 4.24. The number of rotatable bonds is 4. The fraction of sp³-hybridized carbons (Fsp3) is 0.250. The zero-order valence-electron chi connectivity index (χ0n) is 14.6. The van der Waals surface area contributed by atoms with E-state index in [2.05, 4.69) is 24.1 Å². The smallest absolute Gasteiger partial charge is 0.277 e. The molecule has 0 saturated heterocycles. The zero-order chi connectivity index (χ0) is 18.0. The van der Waals surface area contributed by atoms with Crippen LogP contribution in [0.3, 0.4) is 0 Å². The van der Waals surface area contributed by atoms with Crippen LogP contribution in [-0.2, 0) is 11.3 Å². The van der Waals surface area contributed by atoms with Gasteiger partial charge in [-0.25, -0.2) is 0 Å². The van der Waals surface area contributed by atoms with Crippen LogP contribution in [0.4, 0.5) is 5.69 Å². The number of pyridine rings is 2. The first kappa shape index (κ1) is 16.9. The maximum absolute atomic E-state index is 12.5. The van der Waals surface area contributed by atoms with Gasteiger partial charge in [0, 0.05) is 23.5 Å². The fourth-order valence-corrected chi connectivity index (χ4v) is 2.91. The van der Waals surface area contributed by atoms with Gasteiger partial charge in [0.2, 0.25) is 5.91 Å². The highest BCUT2D eigenvalue weighted by Crippen LogP contribution is 2.27. The van der Waals surface area contributed by atoms with Crippen molar-refractivity contribution >= 4 is 22.5 Å². The summed E-state index contributed by atoms with van der Waals surface area (Å²) in [5.74, 6) is 0.0661. The number of nitrogens with one attached hydrogen (secondary N) is 1. The molecule has 0 saturated carbocycles. The van der Waals surface area contributed by atoms with Crippen molar-refractivity contribution in [1.82, 2.24) is 9.55 Å². The van der Waals surface area contributed by atoms with Crippen molar-refractivity contribution in [2.45, 2.75) is 33.2 Å². The Morgan fingerprint density at radius 1 is 1.20 bits per heavy atom. The van der Waals surface area contributed by atoms with Gasteiger partial charge in [0.15, 0.2) is 0 Å². The third-order valence-corrected chi connectivity index (χ3v) is 4.24. The molecule has 1 amide bonds. The van der Waals surface area contributed by atoms with Gasteiger partial charge in [0.25, 0.3) is 5.56 Å². The topological polar surface area (TPSA) is 64.0 Å². The molecule has 0 aliphatic rings. The quantitative estimate of drug-likeness (QED) is 0.794. The number of para-hydroxylation sites is 1. The molecule has 0 bridgehead atoms. The highest BCUT2D eigenvalue weighted by molar-refractivity contribution is 5.92. The van der Waals surface area contributed by atoms with E-state index in [9.17, 15) is 9.59 Å². The predicted molar refractivity (Wildman–Crippen MR) is 99.9 cm³/mol. The molecule has 2 heterocycles. The zero-order valence-corrected chi connectivity index (χ0v) is 14.6. The molecular formula is C20H21N3O2. The van der Waals surface area contributed by atoms with Gasteiger partial charge in [0.05, 0.1) is 0 Å². The Labute approximate surface area is 146 Å². The summed E-state index contributed by atoms with van der Waals surface area (Å²) in [4.78, 5) is 29.1. The number of aryl methyl sites for hydroxylation is 1. The van der Waals surface area contributed by atoms with Crippen molar-refractivity contribution in [3.05, 3.63) is 70.3 Å². The van der Waals surface area contributed by atoms with Gasteiger partial charge < -0.3 is 9.88 Å². The molecule has 0 aliphatic carbocycles. The summed E-state index contributed by atoms with van der Waals surface area (Å²) in [7, 11) is 0. The average molecular weight is 335 g/mol. The van der Waals surface area contributed by atoms with E-state index in [0.29, 0.717) is 11.4 Å². The molecule has 2 aromatic heterocycles. The normalized spacial score (nSPS) is 11.0. The number of hydrogen-bond acceptors (Lipinski definition) is 3. The van der Waals surface area contributed by atoms with Crippen molar-refractivity contribution in [2.24, 2.45) is 0 Å². The number of anilines is 1. The van der Waals surface area contributed by atoms with Crippen molar-refractivity contribution in [3.8, 4) is 0 Å². The maximum Gasteiger partial charge on any atom is 0.277 e. The third kappa shape index (κ3) is 3.45. The molecule has 0 aliphatic heterocycles. The summed E-state index contributed by atoms with van der Waals surface area (Å²) in [5, 5.41) is 3.73. The molecule has 25 heavy (non-hydrogen) atoms. The minimum absolute atomic E-state index is 0.0444. The molecule has 0 radical (unpaired) electrons. The van der Waals surface area contributed by atoms with Crippen LogP contribution in [0.15, 0.2) is 53.6 Å². The van der Waals surface area contributed by atoms with E-state index in [-0.39, 0.29) is 18.0 Å². The molecule has 128 valence electrons. The van der Waals surface area contributed by atoms with E-state index in [4.69, 9.17) is 0 Å². The van der Waals surface area contributed by atoms with Crippen LogP contribution in [0.25, 0.3) is 10.9 Å². The summed E-state index contributed by atoms with van der Waals surface area (Å²) in [6, 6.07) is 11.4. The number of benzene rings is 1. The van der Waals surface area contributed by atoms with Crippen molar-refractivity contribution in [1.29, 1.82) is 0 Å². The maximum atomic E-state index is 12.5. The molecule has 3 rings (SSSR count). The molecular weight excluding hydrogens is 314 g/mol. The van der Waals surface area contributed by atoms with Crippen LogP contribution in [0.2, 0.25) is 0 Å². The molecule has 3 aromatic rings. The van der Waals surface area contributed by atoms with Gasteiger partial charge in [-0.1, -0.05) is 38.1 Å². The number of aromatic nitrogens is 2. The number of fused-ring (bicyclic) bond motifs is 1. The second-order valence-electron chi connectivity index (χ2n) is 6.43. The lowest BCUT2D eigenvalue weighted by atomic mass is 9.98.